The molecular formula is C17H19N5O3. The summed E-state index contributed by atoms with van der Waals surface area (Å²) in [6.45, 7) is 3.75. The number of morpholine rings is 1. The van der Waals surface area contributed by atoms with Crippen LogP contribution in [0.15, 0.2) is 35.1 Å². The van der Waals surface area contributed by atoms with Gasteiger partial charge < -0.3 is 18.7 Å². The molecule has 1 atom stereocenters. The lowest BCUT2D eigenvalue weighted by atomic mass is 10.2. The maximum Gasteiger partial charge on any atom is 0.251 e. The summed E-state index contributed by atoms with van der Waals surface area (Å²) in [6.07, 6.45) is 2.15. The Labute approximate surface area is 144 Å². The first kappa shape index (κ1) is 15.8. The van der Waals surface area contributed by atoms with Crippen LogP contribution in [0.25, 0.3) is 11.0 Å². The number of ether oxygens (including phenoxy) is 1. The Morgan fingerprint density at radius 1 is 1.36 bits per heavy atom. The second kappa shape index (κ2) is 6.64. The smallest absolute Gasteiger partial charge is 0.251 e. The van der Waals surface area contributed by atoms with Gasteiger partial charge in [0, 0.05) is 19.5 Å². The van der Waals surface area contributed by atoms with Gasteiger partial charge >= 0.3 is 0 Å². The molecule has 1 fully saturated rings. The fraction of sp³-hybridized carbons (Fsp3) is 0.412. The third-order valence-corrected chi connectivity index (χ3v) is 4.37. The lowest BCUT2D eigenvalue weighted by Crippen LogP contribution is -2.43. The summed E-state index contributed by atoms with van der Waals surface area (Å²) in [5.41, 5.74) is 1.96. The van der Waals surface area contributed by atoms with E-state index in [9.17, 15) is 4.79 Å². The Hall–Kier alpha value is -2.74. The van der Waals surface area contributed by atoms with Crippen molar-refractivity contribution in [2.45, 2.75) is 25.9 Å². The highest BCUT2D eigenvalue weighted by molar-refractivity contribution is 5.78. The van der Waals surface area contributed by atoms with Crippen molar-refractivity contribution >= 4 is 16.9 Å². The van der Waals surface area contributed by atoms with Gasteiger partial charge in [-0.15, -0.1) is 0 Å². The molecule has 0 bridgehead atoms. The van der Waals surface area contributed by atoms with Gasteiger partial charge in [0.25, 0.3) is 5.89 Å². The van der Waals surface area contributed by atoms with E-state index in [1.807, 2.05) is 28.8 Å². The number of carbonyl (C=O) groups is 1. The summed E-state index contributed by atoms with van der Waals surface area (Å²) in [4.78, 5) is 23.2. The minimum atomic E-state index is -0.318. The van der Waals surface area contributed by atoms with Crippen molar-refractivity contribution in [3.8, 4) is 0 Å². The first-order valence-corrected chi connectivity index (χ1v) is 8.29. The maximum absolute atomic E-state index is 12.8. The molecule has 2 aromatic heterocycles. The van der Waals surface area contributed by atoms with E-state index in [1.165, 1.54) is 0 Å². The number of carbonyl (C=O) groups excluding carboxylic acids is 1. The van der Waals surface area contributed by atoms with Crippen LogP contribution in [0, 0.1) is 6.92 Å². The van der Waals surface area contributed by atoms with Gasteiger partial charge in [-0.25, -0.2) is 4.98 Å². The molecule has 1 amide bonds. The Balaban J connectivity index is 1.47. The van der Waals surface area contributed by atoms with Gasteiger partial charge in [-0.3, -0.25) is 4.79 Å². The van der Waals surface area contributed by atoms with Gasteiger partial charge in [0.15, 0.2) is 5.82 Å². The van der Waals surface area contributed by atoms with Crippen LogP contribution in [-0.2, 0) is 16.1 Å². The molecule has 0 radical (unpaired) electrons. The summed E-state index contributed by atoms with van der Waals surface area (Å²) in [5, 5.41) is 3.81. The molecule has 0 N–H and O–H groups in total. The number of aryl methyl sites for hydroxylation is 2. The molecule has 3 aromatic rings. The Kier molecular flexibility index (Phi) is 4.19. The van der Waals surface area contributed by atoms with Crippen molar-refractivity contribution < 1.29 is 14.1 Å². The number of fused-ring (bicyclic) bond motifs is 1. The van der Waals surface area contributed by atoms with Crippen LogP contribution in [-0.4, -0.2) is 50.3 Å². The molecule has 130 valence electrons. The molecule has 1 aliphatic heterocycles. The van der Waals surface area contributed by atoms with Gasteiger partial charge in [-0.2, -0.15) is 4.98 Å². The van der Waals surface area contributed by atoms with E-state index in [1.54, 1.807) is 18.2 Å². The summed E-state index contributed by atoms with van der Waals surface area (Å²) in [5.74, 6) is 1.03. The number of nitrogens with zero attached hydrogens (tertiary/aromatic N) is 5. The normalized spacial score (nSPS) is 18.0. The third kappa shape index (κ3) is 3.12. The topological polar surface area (TPSA) is 86.3 Å². The summed E-state index contributed by atoms with van der Waals surface area (Å²) in [6, 6.07) is 7.57. The molecule has 0 saturated carbocycles. The van der Waals surface area contributed by atoms with Crippen LogP contribution in [0.5, 0.6) is 0 Å². The minimum Gasteiger partial charge on any atom is -0.377 e. The summed E-state index contributed by atoms with van der Waals surface area (Å²) >= 11 is 0. The van der Waals surface area contributed by atoms with E-state index >= 15 is 0 Å². The number of benzene rings is 1. The fourth-order valence-electron chi connectivity index (χ4n) is 3.10. The summed E-state index contributed by atoms with van der Waals surface area (Å²) in [7, 11) is 0. The molecule has 3 heterocycles. The Bertz CT molecular complexity index is 887. The van der Waals surface area contributed by atoms with E-state index in [4.69, 9.17) is 9.26 Å². The Morgan fingerprint density at radius 2 is 2.24 bits per heavy atom. The average Bonchev–Trinajstić information content (AvgIpc) is 3.26. The number of amides is 1. The SMILES string of the molecule is Cc1noc(C2COCCN2C(=O)CCn2cnc3ccccc32)n1. The van der Waals surface area contributed by atoms with Crippen molar-refractivity contribution in [3.05, 3.63) is 42.3 Å². The number of hydrogen-bond donors (Lipinski definition) is 0. The van der Waals surface area contributed by atoms with Crippen molar-refractivity contribution in [2.75, 3.05) is 19.8 Å². The van der Waals surface area contributed by atoms with Gasteiger partial charge in [0.1, 0.15) is 6.04 Å². The predicted molar refractivity (Wildman–Crippen MR) is 88.7 cm³/mol. The number of para-hydroxylation sites is 2. The van der Waals surface area contributed by atoms with E-state index in [0.29, 0.717) is 44.4 Å². The first-order valence-electron chi connectivity index (χ1n) is 8.29. The molecule has 0 aliphatic carbocycles. The molecule has 1 aromatic carbocycles. The second-order valence-electron chi connectivity index (χ2n) is 6.03. The zero-order chi connectivity index (χ0) is 17.2. The van der Waals surface area contributed by atoms with Crippen molar-refractivity contribution in [3.63, 3.8) is 0 Å². The minimum absolute atomic E-state index is 0.0435. The van der Waals surface area contributed by atoms with Gasteiger partial charge in [0.2, 0.25) is 5.91 Å². The zero-order valence-corrected chi connectivity index (χ0v) is 14.0. The number of aromatic nitrogens is 4. The number of imidazole rings is 1. The molecule has 8 nitrogen and oxygen atoms in total. The van der Waals surface area contributed by atoms with E-state index in [2.05, 4.69) is 15.1 Å². The fourth-order valence-corrected chi connectivity index (χ4v) is 3.10. The highest BCUT2D eigenvalue weighted by atomic mass is 16.5. The average molecular weight is 341 g/mol. The molecule has 1 aliphatic rings. The van der Waals surface area contributed by atoms with Crippen LogP contribution in [0.3, 0.4) is 0 Å². The largest absolute Gasteiger partial charge is 0.377 e. The van der Waals surface area contributed by atoms with Crippen LogP contribution < -0.4 is 0 Å². The molecule has 1 saturated heterocycles. The molecule has 1 unspecified atom stereocenters. The van der Waals surface area contributed by atoms with Crippen LogP contribution in [0.1, 0.15) is 24.2 Å². The molecule has 0 spiro atoms. The van der Waals surface area contributed by atoms with Gasteiger partial charge in [-0.1, -0.05) is 17.3 Å². The monoisotopic (exact) mass is 341 g/mol. The number of rotatable bonds is 4. The highest BCUT2D eigenvalue weighted by Crippen LogP contribution is 2.24. The standard InChI is InChI=1S/C17H19N5O3/c1-12-19-17(25-20-12)15-10-24-9-8-22(15)16(23)6-7-21-11-18-13-4-2-3-5-14(13)21/h2-5,11,15H,6-10H2,1H3. The quantitative estimate of drug-likeness (QED) is 0.718. The van der Waals surface area contributed by atoms with Crippen molar-refractivity contribution in [2.24, 2.45) is 0 Å². The van der Waals surface area contributed by atoms with Gasteiger partial charge in [0.05, 0.1) is 30.6 Å². The van der Waals surface area contributed by atoms with E-state index < -0.39 is 0 Å². The highest BCUT2D eigenvalue weighted by Gasteiger charge is 2.32. The molecular weight excluding hydrogens is 322 g/mol. The number of hydrogen-bond acceptors (Lipinski definition) is 6. The van der Waals surface area contributed by atoms with E-state index in [-0.39, 0.29) is 11.9 Å². The van der Waals surface area contributed by atoms with Crippen molar-refractivity contribution in [1.29, 1.82) is 0 Å². The first-order chi connectivity index (χ1) is 12.2. The van der Waals surface area contributed by atoms with Crippen LogP contribution in [0.2, 0.25) is 0 Å². The summed E-state index contributed by atoms with van der Waals surface area (Å²) < 4.78 is 12.7. The third-order valence-electron chi connectivity index (χ3n) is 4.37. The van der Waals surface area contributed by atoms with Gasteiger partial charge in [-0.05, 0) is 19.1 Å². The van der Waals surface area contributed by atoms with E-state index in [0.717, 1.165) is 11.0 Å². The predicted octanol–water partition coefficient (Wildman–Crippen LogP) is 1.72. The molecule has 4 rings (SSSR count). The lowest BCUT2D eigenvalue weighted by Gasteiger charge is -2.33. The Morgan fingerprint density at radius 3 is 3.08 bits per heavy atom. The molecule has 25 heavy (non-hydrogen) atoms. The zero-order valence-electron chi connectivity index (χ0n) is 14.0. The lowest BCUT2D eigenvalue weighted by molar-refractivity contribution is -0.141. The van der Waals surface area contributed by atoms with Crippen LogP contribution >= 0.6 is 0 Å². The molecule has 8 heteroatoms. The van der Waals surface area contributed by atoms with Crippen LogP contribution in [0.4, 0.5) is 0 Å². The second-order valence-corrected chi connectivity index (χ2v) is 6.03. The maximum atomic E-state index is 12.8. The van der Waals surface area contributed by atoms with Crippen molar-refractivity contribution in [1.82, 2.24) is 24.6 Å².